The second-order valence-electron chi connectivity index (χ2n) is 8.02. The Bertz CT molecular complexity index is 867. The summed E-state index contributed by atoms with van der Waals surface area (Å²) in [5.74, 6) is 0.813. The number of piperidine rings is 1. The highest BCUT2D eigenvalue weighted by Gasteiger charge is 2.28. The molecular formula is C23H29N5O2. The minimum absolute atomic E-state index is 0.00625. The lowest BCUT2D eigenvalue weighted by molar-refractivity contribution is -0.126. The molecule has 30 heavy (non-hydrogen) atoms. The molecule has 2 aliphatic heterocycles. The molecule has 2 N–H and O–H groups in total. The zero-order valence-corrected chi connectivity index (χ0v) is 17.2. The van der Waals surface area contributed by atoms with Gasteiger partial charge in [-0.1, -0.05) is 18.2 Å². The first-order chi connectivity index (χ1) is 14.7. The van der Waals surface area contributed by atoms with Gasteiger partial charge >= 0.3 is 6.03 Å². The lowest BCUT2D eigenvalue weighted by Crippen LogP contribution is -2.46. The molecule has 2 saturated heterocycles. The molecular weight excluding hydrogens is 378 g/mol. The quantitative estimate of drug-likeness (QED) is 0.798. The number of rotatable bonds is 5. The van der Waals surface area contributed by atoms with Gasteiger partial charge in [0.2, 0.25) is 5.91 Å². The van der Waals surface area contributed by atoms with Crippen molar-refractivity contribution in [2.24, 2.45) is 5.92 Å². The number of anilines is 2. The van der Waals surface area contributed by atoms with E-state index in [0.717, 1.165) is 43.0 Å². The van der Waals surface area contributed by atoms with Crippen LogP contribution in [-0.2, 0) is 11.3 Å². The average Bonchev–Trinajstić information content (AvgIpc) is 3.33. The van der Waals surface area contributed by atoms with E-state index in [1.165, 1.54) is 12.8 Å². The third-order valence-corrected chi connectivity index (χ3v) is 5.81. The fourth-order valence-electron chi connectivity index (χ4n) is 4.12. The van der Waals surface area contributed by atoms with Crippen LogP contribution in [0.15, 0.2) is 48.7 Å². The van der Waals surface area contributed by atoms with Gasteiger partial charge in [0, 0.05) is 44.6 Å². The van der Waals surface area contributed by atoms with Crippen molar-refractivity contribution >= 4 is 23.4 Å². The van der Waals surface area contributed by atoms with Crippen molar-refractivity contribution in [2.75, 3.05) is 36.4 Å². The van der Waals surface area contributed by atoms with Crippen LogP contribution in [0.25, 0.3) is 0 Å². The van der Waals surface area contributed by atoms with Gasteiger partial charge in [-0.15, -0.1) is 0 Å². The van der Waals surface area contributed by atoms with Crippen LogP contribution in [0.3, 0.4) is 0 Å². The molecule has 7 nitrogen and oxygen atoms in total. The first-order valence-corrected chi connectivity index (χ1v) is 10.8. The summed E-state index contributed by atoms with van der Waals surface area (Å²) in [4.78, 5) is 33.8. The molecule has 158 valence electrons. The molecule has 1 aromatic carbocycles. The first-order valence-electron chi connectivity index (χ1n) is 10.8. The molecule has 3 amide bonds. The molecule has 1 aromatic heterocycles. The third kappa shape index (κ3) is 5.09. The van der Waals surface area contributed by atoms with Crippen LogP contribution in [0.5, 0.6) is 0 Å². The van der Waals surface area contributed by atoms with Crippen molar-refractivity contribution < 1.29 is 9.59 Å². The summed E-state index contributed by atoms with van der Waals surface area (Å²) < 4.78 is 0. The molecule has 1 unspecified atom stereocenters. The minimum atomic E-state index is -0.180. The summed E-state index contributed by atoms with van der Waals surface area (Å²) in [5.41, 5.74) is 1.82. The maximum atomic E-state index is 12.7. The molecule has 1 atom stereocenters. The van der Waals surface area contributed by atoms with Crippen molar-refractivity contribution in [2.45, 2.75) is 32.2 Å². The maximum Gasteiger partial charge on any atom is 0.321 e. The van der Waals surface area contributed by atoms with E-state index in [9.17, 15) is 9.59 Å². The SMILES string of the molecule is O=C(NCc1ccnc(N2CCCC2)c1)C1CCCN(C(=O)Nc2ccccc2)C1. The van der Waals surface area contributed by atoms with Crippen LogP contribution in [-0.4, -0.2) is 48.0 Å². The summed E-state index contributed by atoms with van der Waals surface area (Å²) in [6.45, 7) is 3.69. The molecule has 0 saturated carbocycles. The number of carbonyl (C=O) groups excluding carboxylic acids is 2. The number of likely N-dealkylation sites (tertiary alicyclic amines) is 1. The Balaban J connectivity index is 1.29. The van der Waals surface area contributed by atoms with Crippen LogP contribution >= 0.6 is 0 Å². The van der Waals surface area contributed by atoms with Gasteiger partial charge in [0.05, 0.1) is 5.92 Å². The van der Waals surface area contributed by atoms with E-state index < -0.39 is 0 Å². The highest BCUT2D eigenvalue weighted by molar-refractivity contribution is 5.90. The summed E-state index contributed by atoms with van der Waals surface area (Å²) in [5, 5.41) is 5.96. The van der Waals surface area contributed by atoms with E-state index in [-0.39, 0.29) is 17.9 Å². The lowest BCUT2D eigenvalue weighted by atomic mass is 9.97. The smallest absolute Gasteiger partial charge is 0.321 e. The Morgan fingerprint density at radius 3 is 2.63 bits per heavy atom. The number of hydrogen-bond donors (Lipinski definition) is 2. The van der Waals surface area contributed by atoms with E-state index in [0.29, 0.717) is 19.6 Å². The van der Waals surface area contributed by atoms with Crippen LogP contribution in [0.4, 0.5) is 16.3 Å². The average molecular weight is 408 g/mol. The number of aromatic nitrogens is 1. The summed E-state index contributed by atoms with van der Waals surface area (Å²) in [6, 6.07) is 13.3. The van der Waals surface area contributed by atoms with Crippen LogP contribution < -0.4 is 15.5 Å². The Morgan fingerprint density at radius 1 is 1.03 bits per heavy atom. The zero-order valence-electron chi connectivity index (χ0n) is 17.2. The number of carbonyl (C=O) groups is 2. The fraction of sp³-hybridized carbons (Fsp3) is 0.435. The predicted molar refractivity (Wildman–Crippen MR) is 117 cm³/mol. The second kappa shape index (κ2) is 9.61. The summed E-state index contributed by atoms with van der Waals surface area (Å²) >= 11 is 0. The van der Waals surface area contributed by atoms with Gasteiger partial charge in [-0.3, -0.25) is 4.79 Å². The van der Waals surface area contributed by atoms with E-state index in [4.69, 9.17) is 0 Å². The highest BCUT2D eigenvalue weighted by atomic mass is 16.2. The van der Waals surface area contributed by atoms with Gasteiger partial charge in [0.25, 0.3) is 0 Å². The number of para-hydroxylation sites is 1. The number of pyridine rings is 1. The Labute approximate surface area is 177 Å². The molecule has 2 aliphatic rings. The third-order valence-electron chi connectivity index (χ3n) is 5.81. The maximum absolute atomic E-state index is 12.7. The van der Waals surface area contributed by atoms with E-state index >= 15 is 0 Å². The first kappa shape index (κ1) is 20.2. The number of hydrogen-bond acceptors (Lipinski definition) is 4. The number of urea groups is 1. The molecule has 7 heteroatoms. The van der Waals surface area contributed by atoms with Crippen molar-refractivity contribution in [1.29, 1.82) is 0 Å². The molecule has 2 fully saturated rings. The van der Waals surface area contributed by atoms with Crippen LogP contribution in [0.1, 0.15) is 31.2 Å². The number of nitrogens with zero attached hydrogens (tertiary/aromatic N) is 3. The molecule has 0 spiro atoms. The van der Waals surface area contributed by atoms with Gasteiger partial charge in [-0.2, -0.15) is 0 Å². The number of nitrogens with one attached hydrogen (secondary N) is 2. The Morgan fingerprint density at radius 2 is 1.83 bits per heavy atom. The predicted octanol–water partition coefficient (Wildman–Crippen LogP) is 3.24. The standard InChI is InChI=1S/C23H29N5O2/c29-22(25-16-18-10-11-24-21(15-18)27-12-4-5-13-27)19-7-6-14-28(17-19)23(30)26-20-8-2-1-3-9-20/h1-3,8-11,15,19H,4-7,12-14,16-17H2,(H,25,29)(H,26,30). The second-order valence-corrected chi connectivity index (χ2v) is 8.02. The highest BCUT2D eigenvalue weighted by Crippen LogP contribution is 2.20. The van der Waals surface area contributed by atoms with Gasteiger partial charge < -0.3 is 20.4 Å². The molecule has 3 heterocycles. The zero-order chi connectivity index (χ0) is 20.8. The monoisotopic (exact) mass is 407 g/mol. The van der Waals surface area contributed by atoms with E-state index in [2.05, 4.69) is 26.6 Å². The molecule has 0 bridgehead atoms. The van der Waals surface area contributed by atoms with Crippen molar-refractivity contribution in [3.8, 4) is 0 Å². The largest absolute Gasteiger partial charge is 0.357 e. The molecule has 0 aliphatic carbocycles. The Kier molecular flexibility index (Phi) is 6.47. The molecule has 4 rings (SSSR count). The Hall–Kier alpha value is -3.09. The van der Waals surface area contributed by atoms with E-state index in [1.54, 1.807) is 4.90 Å². The van der Waals surface area contributed by atoms with Gasteiger partial charge in [-0.05, 0) is 55.5 Å². The van der Waals surface area contributed by atoms with Crippen molar-refractivity contribution in [3.05, 3.63) is 54.2 Å². The van der Waals surface area contributed by atoms with Crippen LogP contribution in [0.2, 0.25) is 0 Å². The normalized spacial score (nSPS) is 18.9. The van der Waals surface area contributed by atoms with Gasteiger partial charge in [0.1, 0.15) is 5.82 Å². The van der Waals surface area contributed by atoms with Crippen LogP contribution in [0, 0.1) is 5.92 Å². The van der Waals surface area contributed by atoms with Crippen molar-refractivity contribution in [1.82, 2.24) is 15.2 Å². The summed E-state index contributed by atoms with van der Waals surface area (Å²) in [6.07, 6.45) is 5.85. The topological polar surface area (TPSA) is 77.6 Å². The molecule has 0 radical (unpaired) electrons. The van der Waals surface area contributed by atoms with Gasteiger partial charge in [0.15, 0.2) is 0 Å². The lowest BCUT2D eigenvalue weighted by Gasteiger charge is -2.32. The minimum Gasteiger partial charge on any atom is -0.357 e. The van der Waals surface area contributed by atoms with Gasteiger partial charge in [-0.25, -0.2) is 9.78 Å². The molecule has 2 aromatic rings. The number of benzene rings is 1. The summed E-state index contributed by atoms with van der Waals surface area (Å²) in [7, 11) is 0. The number of amides is 3. The fourth-order valence-corrected chi connectivity index (χ4v) is 4.12. The van der Waals surface area contributed by atoms with E-state index in [1.807, 2.05) is 42.6 Å². The van der Waals surface area contributed by atoms with Crippen molar-refractivity contribution in [3.63, 3.8) is 0 Å².